The Bertz CT molecular complexity index is 2580. The van der Waals surface area contributed by atoms with E-state index < -0.39 is 97.5 Å². The number of hydrogen-bond acceptors (Lipinski definition) is 15. The van der Waals surface area contributed by atoms with Crippen LogP contribution in [-0.2, 0) is 65.4 Å². The number of allylic oxidation sites excluding steroid dienone is 23. The summed E-state index contributed by atoms with van der Waals surface area (Å²) in [5.41, 5.74) is 0. The zero-order chi connectivity index (χ0) is 77.4. The molecule has 0 aliphatic carbocycles. The number of phosphoric ester groups is 2. The van der Waals surface area contributed by atoms with Crippen molar-refractivity contribution in [2.24, 2.45) is 0 Å². The van der Waals surface area contributed by atoms with Crippen LogP contribution < -0.4 is 0 Å². The predicted octanol–water partition coefficient (Wildman–Crippen LogP) is 24.2. The largest absolute Gasteiger partial charge is 0.472 e. The van der Waals surface area contributed by atoms with Gasteiger partial charge in [0.15, 0.2) is 12.2 Å². The minimum absolute atomic E-state index is 0.0905. The van der Waals surface area contributed by atoms with Gasteiger partial charge in [0.2, 0.25) is 0 Å². The Hall–Kier alpha value is -5.06. The molecule has 19 heteroatoms. The smallest absolute Gasteiger partial charge is 0.462 e. The van der Waals surface area contributed by atoms with E-state index in [2.05, 4.69) is 149 Å². The third-order valence-electron chi connectivity index (χ3n) is 16.8. The molecule has 0 spiro atoms. The zero-order valence-electron chi connectivity index (χ0n) is 66.3. The lowest BCUT2D eigenvalue weighted by atomic mass is 10.0. The van der Waals surface area contributed by atoms with Crippen LogP contribution in [0, 0.1) is 0 Å². The fourth-order valence-corrected chi connectivity index (χ4v) is 12.3. The number of hydrogen-bond donors (Lipinski definition) is 3. The Balaban J connectivity index is 5.43. The molecule has 0 fully saturated rings. The predicted molar refractivity (Wildman–Crippen MR) is 436 cm³/mol. The Kier molecular flexibility index (Phi) is 74.3. The Morgan fingerprint density at radius 1 is 0.283 bits per heavy atom. The highest BCUT2D eigenvalue weighted by Crippen LogP contribution is 2.45. The van der Waals surface area contributed by atoms with Crippen molar-refractivity contribution in [1.29, 1.82) is 0 Å². The lowest BCUT2D eigenvalue weighted by molar-refractivity contribution is -0.161. The highest BCUT2D eigenvalue weighted by molar-refractivity contribution is 7.47. The highest BCUT2D eigenvalue weighted by atomic mass is 31.2. The van der Waals surface area contributed by atoms with E-state index in [9.17, 15) is 43.2 Å². The minimum Gasteiger partial charge on any atom is -0.462 e. The fraction of sp³-hybridized carbons (Fsp3) is 0.678. The molecule has 0 bridgehead atoms. The third-order valence-corrected chi connectivity index (χ3v) is 18.7. The van der Waals surface area contributed by atoms with Gasteiger partial charge in [0, 0.05) is 19.3 Å². The SMILES string of the molecule is CC/C=C\C/C=C\C/C=C\C/C=C\C/C=C\CC(=O)OC(COC(=O)CCCCCCCC/C=C\C/C=C\C/C=C\C/C=C\CC)COP(=O)(O)OCC(O)COP(=O)(O)OCC(COC(=O)CCCCCCCCC/C=C\C/C=C\C/C=C\CC)OC(=O)CCCCCCCCCCCCCCCCC. The summed E-state index contributed by atoms with van der Waals surface area (Å²) < 4.78 is 68.6. The topological polar surface area (TPSA) is 237 Å². The maximum absolute atomic E-state index is 13.1. The Morgan fingerprint density at radius 2 is 0.528 bits per heavy atom. The molecule has 0 amide bonds. The number of phosphoric acid groups is 2. The molecule has 3 N–H and O–H groups in total. The van der Waals surface area contributed by atoms with Gasteiger partial charge < -0.3 is 33.8 Å². The molecule has 0 saturated carbocycles. The van der Waals surface area contributed by atoms with E-state index in [1.807, 2.05) is 12.2 Å². The first kappa shape index (κ1) is 101. The van der Waals surface area contributed by atoms with Crippen LogP contribution in [0.1, 0.15) is 323 Å². The highest BCUT2D eigenvalue weighted by Gasteiger charge is 2.30. The van der Waals surface area contributed by atoms with Crippen molar-refractivity contribution < 1.29 is 80.2 Å². The van der Waals surface area contributed by atoms with Crippen LogP contribution in [0.3, 0.4) is 0 Å². The molecule has 0 aliphatic heterocycles. The zero-order valence-corrected chi connectivity index (χ0v) is 68.1. The van der Waals surface area contributed by atoms with Crippen molar-refractivity contribution in [1.82, 2.24) is 0 Å². The van der Waals surface area contributed by atoms with Gasteiger partial charge in [0.25, 0.3) is 0 Å². The van der Waals surface area contributed by atoms with E-state index >= 15 is 0 Å². The molecule has 0 rings (SSSR count). The number of rotatable bonds is 76. The lowest BCUT2D eigenvalue weighted by Crippen LogP contribution is -2.30. The first-order valence-corrected chi connectivity index (χ1v) is 44.1. The summed E-state index contributed by atoms with van der Waals surface area (Å²) in [6.45, 7) is 4.43. The van der Waals surface area contributed by atoms with E-state index in [1.165, 1.54) is 64.2 Å². The summed E-state index contributed by atoms with van der Waals surface area (Å²) >= 11 is 0. The normalized spacial score (nSPS) is 14.6. The number of aliphatic hydroxyl groups is 1. The van der Waals surface area contributed by atoms with Crippen molar-refractivity contribution >= 4 is 39.5 Å². The number of carbonyl (C=O) groups excluding carboxylic acids is 4. The van der Waals surface area contributed by atoms with Gasteiger partial charge in [-0.1, -0.05) is 321 Å². The number of unbranched alkanes of at least 4 members (excludes halogenated alkanes) is 27. The second-order valence-corrected chi connectivity index (χ2v) is 29.9. The number of ether oxygens (including phenoxy) is 4. The average molecular weight is 1530 g/mol. The summed E-state index contributed by atoms with van der Waals surface area (Å²) in [6.07, 6.45) is 89.9. The van der Waals surface area contributed by atoms with E-state index in [1.54, 1.807) is 12.2 Å². The number of aliphatic hydroxyl groups excluding tert-OH is 1. The van der Waals surface area contributed by atoms with Gasteiger partial charge >= 0.3 is 39.5 Å². The molecule has 5 atom stereocenters. The van der Waals surface area contributed by atoms with Gasteiger partial charge in [-0.15, -0.1) is 0 Å². The van der Waals surface area contributed by atoms with Crippen LogP contribution in [0.2, 0.25) is 0 Å². The van der Waals surface area contributed by atoms with Crippen LogP contribution >= 0.6 is 15.6 Å². The molecule has 606 valence electrons. The number of esters is 4. The summed E-state index contributed by atoms with van der Waals surface area (Å²) in [5.74, 6) is -2.34. The standard InChI is InChI=1S/C87H146O17P2/c1-5-9-13-17-21-25-29-33-37-39-40-42-46-48-52-56-60-64-68-72-85(90)98-78-83(104-87(92)74-70-66-62-58-54-50-44-36-32-28-24-20-16-12-8-4)80-102-106(95,96)100-76-81(88)75-99-105(93,94)101-79-82(103-86(91)73-69-65-61-57-53-49-43-35-31-27-23-19-15-11-7-3)77-97-84(89)71-67-63-59-55-51-47-45-41-38-34-30-26-22-18-14-10-6-2/h9-10,12-14,16,21-22,24-26,28,33-34,36-38,40,42,44,54,58,66,70,81-83,88H,5-8,11,15,17-20,23,27,29-32,35,39,41,43,45-53,55-57,59-65,67-69,71-80H2,1-4H3,(H,93,94)(H,95,96)/b13-9-,14-10-,16-12-,25-21-,26-22-,28-24-,37-33-,38-34-,42-40-,44-36-,58-54-,70-66-. The summed E-state index contributed by atoms with van der Waals surface area (Å²) in [5, 5.41) is 10.7. The van der Waals surface area contributed by atoms with E-state index in [-0.39, 0.29) is 25.7 Å². The van der Waals surface area contributed by atoms with Crippen LogP contribution in [-0.4, -0.2) is 96.7 Å². The van der Waals surface area contributed by atoms with Crippen LogP contribution in [0.4, 0.5) is 0 Å². The molecule has 0 aromatic heterocycles. The minimum atomic E-state index is -5.01. The fourth-order valence-electron chi connectivity index (χ4n) is 10.7. The van der Waals surface area contributed by atoms with Crippen LogP contribution in [0.5, 0.6) is 0 Å². The monoisotopic (exact) mass is 1530 g/mol. The molecule has 5 unspecified atom stereocenters. The molecule has 106 heavy (non-hydrogen) atoms. The molecule has 0 aromatic rings. The maximum atomic E-state index is 13.1. The summed E-state index contributed by atoms with van der Waals surface area (Å²) in [4.78, 5) is 73.1. The van der Waals surface area contributed by atoms with Crippen molar-refractivity contribution in [3.05, 3.63) is 146 Å². The van der Waals surface area contributed by atoms with Gasteiger partial charge in [-0.2, -0.15) is 0 Å². The van der Waals surface area contributed by atoms with Crippen molar-refractivity contribution in [2.45, 2.75) is 341 Å². The molecule has 17 nitrogen and oxygen atoms in total. The van der Waals surface area contributed by atoms with E-state index in [0.717, 1.165) is 180 Å². The summed E-state index contributed by atoms with van der Waals surface area (Å²) in [6, 6.07) is 0. The molecular weight excluding hydrogens is 1380 g/mol. The molecule has 0 heterocycles. The van der Waals surface area contributed by atoms with Gasteiger partial charge in [-0.05, 0) is 122 Å². The summed E-state index contributed by atoms with van der Waals surface area (Å²) in [7, 11) is -10.0. The quantitative estimate of drug-likeness (QED) is 0.0169. The number of carbonyl (C=O) groups is 4. The van der Waals surface area contributed by atoms with E-state index in [4.69, 9.17) is 37.0 Å². The van der Waals surface area contributed by atoms with Gasteiger partial charge in [0.05, 0.1) is 32.8 Å². The van der Waals surface area contributed by atoms with Gasteiger partial charge in [0.1, 0.15) is 19.3 Å². The molecule has 0 radical (unpaired) electrons. The first-order valence-electron chi connectivity index (χ1n) is 41.1. The lowest BCUT2D eigenvalue weighted by Gasteiger charge is -2.21. The molecule has 0 saturated heterocycles. The van der Waals surface area contributed by atoms with Crippen LogP contribution in [0.25, 0.3) is 0 Å². The third kappa shape index (κ3) is 77.1. The molecular formula is C87H146O17P2. The average Bonchev–Trinajstić information content (AvgIpc) is 0.902. The second-order valence-electron chi connectivity index (χ2n) is 26.9. The molecule has 0 aromatic carbocycles. The van der Waals surface area contributed by atoms with Crippen molar-refractivity contribution in [3.63, 3.8) is 0 Å². The van der Waals surface area contributed by atoms with Gasteiger partial charge in [-0.3, -0.25) is 37.3 Å². The van der Waals surface area contributed by atoms with Crippen molar-refractivity contribution in [3.8, 4) is 0 Å². The van der Waals surface area contributed by atoms with Crippen molar-refractivity contribution in [2.75, 3.05) is 39.6 Å². The van der Waals surface area contributed by atoms with Crippen LogP contribution in [0.15, 0.2) is 146 Å². The van der Waals surface area contributed by atoms with E-state index in [0.29, 0.717) is 25.7 Å². The molecule has 0 aliphatic rings. The second kappa shape index (κ2) is 78.1. The van der Waals surface area contributed by atoms with Gasteiger partial charge in [-0.25, -0.2) is 9.13 Å². The Morgan fingerprint density at radius 3 is 0.840 bits per heavy atom. The maximum Gasteiger partial charge on any atom is 0.472 e. The first-order chi connectivity index (χ1) is 51.7. The Labute approximate surface area is 643 Å².